The van der Waals surface area contributed by atoms with Crippen LogP contribution in [0.15, 0.2) is 53.5 Å². The average Bonchev–Trinajstić information content (AvgIpc) is 2.56. The molecule has 0 spiro atoms. The monoisotopic (exact) mass is 386 g/mol. The molecule has 0 saturated carbocycles. The fraction of sp³-hybridized carbons (Fsp3) is 0.211. The summed E-state index contributed by atoms with van der Waals surface area (Å²) in [7, 11) is 0. The number of hydrogen-bond donors (Lipinski definition) is 1. The van der Waals surface area contributed by atoms with Crippen molar-refractivity contribution in [2.75, 3.05) is 4.31 Å². The Morgan fingerprint density at radius 2 is 1.96 bits per heavy atom. The molecule has 2 nitrogen and oxygen atoms in total. The molecule has 0 aliphatic rings. The van der Waals surface area contributed by atoms with E-state index in [2.05, 4.69) is 41.4 Å². The van der Waals surface area contributed by atoms with Gasteiger partial charge in [-0.15, -0.1) is 0 Å². The van der Waals surface area contributed by atoms with Crippen molar-refractivity contribution in [3.05, 3.63) is 70.2 Å². The van der Waals surface area contributed by atoms with E-state index >= 15 is 0 Å². The summed E-state index contributed by atoms with van der Waals surface area (Å²) < 4.78 is 2.78. The summed E-state index contributed by atoms with van der Waals surface area (Å²) in [6, 6.07) is 16.3. The molecule has 0 bridgehead atoms. The third-order valence-corrected chi connectivity index (χ3v) is 5.18. The molecular weight excluding hydrogens is 368 g/mol. The van der Waals surface area contributed by atoms with Crippen LogP contribution in [-0.2, 0) is 5.41 Å². The Balaban J connectivity index is 2.35. The normalized spacial score (nSPS) is 11.0. The van der Waals surface area contributed by atoms with E-state index in [1.807, 2.05) is 63.2 Å². The Morgan fingerprint density at radius 3 is 2.57 bits per heavy atom. The van der Waals surface area contributed by atoms with Crippen molar-refractivity contribution in [3.8, 4) is 6.07 Å². The minimum atomic E-state index is -0.537. The minimum Gasteiger partial charge on any atom is -0.287 e. The van der Waals surface area contributed by atoms with Gasteiger partial charge in [-0.1, -0.05) is 59.6 Å². The van der Waals surface area contributed by atoms with E-state index in [0.717, 1.165) is 27.0 Å². The van der Waals surface area contributed by atoms with Crippen LogP contribution in [-0.4, -0.2) is 0 Å². The van der Waals surface area contributed by atoms with Crippen molar-refractivity contribution >= 4 is 40.1 Å². The molecule has 0 aliphatic carbocycles. The number of nitriles is 1. The predicted octanol–water partition coefficient (Wildman–Crippen LogP) is 5.88. The minimum absolute atomic E-state index is 0.537. The molecular formula is C19H19BrN2S. The van der Waals surface area contributed by atoms with Gasteiger partial charge in [0.05, 0.1) is 22.9 Å². The zero-order valence-electron chi connectivity index (χ0n) is 13.5. The summed E-state index contributed by atoms with van der Waals surface area (Å²) >= 11 is 8.13. The van der Waals surface area contributed by atoms with E-state index in [9.17, 15) is 5.26 Å². The first-order valence-corrected chi connectivity index (χ1v) is 8.42. The van der Waals surface area contributed by atoms with Crippen molar-refractivity contribution in [1.29, 1.82) is 5.26 Å². The number of rotatable bonds is 4. The fourth-order valence-corrected chi connectivity index (χ4v) is 2.75. The van der Waals surface area contributed by atoms with Gasteiger partial charge in [0.2, 0.25) is 0 Å². The van der Waals surface area contributed by atoms with Crippen LogP contribution in [0.5, 0.6) is 0 Å². The molecule has 2 rings (SSSR count). The predicted molar refractivity (Wildman–Crippen MR) is 104 cm³/mol. The summed E-state index contributed by atoms with van der Waals surface area (Å²) in [5, 5.41) is 9.32. The number of aryl methyl sites for hydroxylation is 1. The van der Waals surface area contributed by atoms with Crippen molar-refractivity contribution in [3.63, 3.8) is 0 Å². The average molecular weight is 387 g/mol. The molecule has 118 valence electrons. The van der Waals surface area contributed by atoms with Crippen molar-refractivity contribution in [2.24, 2.45) is 0 Å². The maximum Gasteiger partial charge on any atom is 0.0766 e. The quantitative estimate of drug-likeness (QED) is 0.663. The smallest absolute Gasteiger partial charge is 0.0766 e. The first kappa shape index (κ1) is 17.7. The molecule has 2 aromatic carbocycles. The van der Waals surface area contributed by atoms with E-state index in [0.29, 0.717) is 0 Å². The highest BCUT2D eigenvalue weighted by molar-refractivity contribution is 9.10. The number of nitrogens with zero attached hydrogens (tertiary/aromatic N) is 2. The van der Waals surface area contributed by atoms with Gasteiger partial charge in [0.1, 0.15) is 0 Å². The number of benzene rings is 2. The molecule has 0 heterocycles. The Morgan fingerprint density at radius 1 is 1.26 bits per heavy atom. The lowest BCUT2D eigenvalue weighted by Gasteiger charge is -2.23. The molecule has 0 atom stereocenters. The maximum absolute atomic E-state index is 9.32. The van der Waals surface area contributed by atoms with Crippen LogP contribution in [0.25, 0.3) is 5.70 Å². The van der Waals surface area contributed by atoms with Gasteiger partial charge in [0.25, 0.3) is 0 Å². The lowest BCUT2D eigenvalue weighted by molar-refractivity contribution is 0.686. The summed E-state index contributed by atoms with van der Waals surface area (Å²) in [6.07, 6.45) is 0. The summed E-state index contributed by atoms with van der Waals surface area (Å²) in [5.41, 5.74) is 4.23. The highest BCUT2D eigenvalue weighted by Crippen LogP contribution is 2.32. The van der Waals surface area contributed by atoms with Crippen LogP contribution in [0.4, 0.5) is 5.69 Å². The van der Waals surface area contributed by atoms with Crippen LogP contribution in [0.3, 0.4) is 0 Å². The van der Waals surface area contributed by atoms with Crippen molar-refractivity contribution in [1.82, 2.24) is 0 Å². The molecule has 0 aromatic heterocycles. The van der Waals surface area contributed by atoms with Crippen LogP contribution >= 0.6 is 28.7 Å². The fourth-order valence-electron chi connectivity index (χ4n) is 2.14. The van der Waals surface area contributed by atoms with Gasteiger partial charge < -0.3 is 0 Å². The standard InChI is InChI=1S/C19H19BrN2S/c1-13-8-9-17(11-18(13)20)22(23)14(2)15-6-5-7-16(10-15)19(3,4)12-21/h5-11,23H,2H2,1,3-4H3. The van der Waals surface area contributed by atoms with E-state index in [1.54, 1.807) is 4.31 Å². The van der Waals surface area contributed by atoms with Crippen molar-refractivity contribution in [2.45, 2.75) is 26.2 Å². The maximum atomic E-state index is 9.32. The van der Waals surface area contributed by atoms with Gasteiger partial charge in [-0.2, -0.15) is 5.26 Å². The molecule has 0 N–H and O–H groups in total. The Hall–Kier alpha value is -1.70. The van der Waals surface area contributed by atoms with Crippen molar-refractivity contribution < 1.29 is 0 Å². The SMILES string of the molecule is C=C(c1cccc(C(C)(C)C#N)c1)N(S)c1ccc(C)c(Br)c1. The molecule has 2 aromatic rings. The Kier molecular flexibility index (Phi) is 5.23. The summed E-state index contributed by atoms with van der Waals surface area (Å²) in [6.45, 7) is 10.0. The van der Waals surface area contributed by atoms with Gasteiger partial charge in [-0.3, -0.25) is 4.31 Å². The largest absolute Gasteiger partial charge is 0.287 e. The zero-order chi connectivity index (χ0) is 17.2. The highest BCUT2D eigenvalue weighted by Gasteiger charge is 2.20. The summed E-state index contributed by atoms with van der Waals surface area (Å²) in [4.78, 5) is 0. The lowest BCUT2D eigenvalue weighted by atomic mass is 9.85. The van der Waals surface area contributed by atoms with Gasteiger partial charge in [0, 0.05) is 4.47 Å². The second-order valence-corrected chi connectivity index (χ2v) is 7.26. The molecule has 0 radical (unpaired) electrons. The van der Waals surface area contributed by atoms with Gasteiger partial charge in [-0.05, 0) is 55.7 Å². The van der Waals surface area contributed by atoms with E-state index in [4.69, 9.17) is 0 Å². The summed E-state index contributed by atoms with van der Waals surface area (Å²) in [5.74, 6) is 0. The van der Waals surface area contributed by atoms with Crippen LogP contribution in [0, 0.1) is 18.3 Å². The zero-order valence-corrected chi connectivity index (χ0v) is 15.9. The highest BCUT2D eigenvalue weighted by atomic mass is 79.9. The van der Waals surface area contributed by atoms with Gasteiger partial charge >= 0.3 is 0 Å². The lowest BCUT2D eigenvalue weighted by Crippen LogP contribution is -2.15. The number of hydrogen-bond acceptors (Lipinski definition) is 3. The van der Waals surface area contributed by atoms with E-state index in [1.165, 1.54) is 5.56 Å². The van der Waals surface area contributed by atoms with Gasteiger partial charge in [0.15, 0.2) is 0 Å². The second-order valence-electron chi connectivity index (χ2n) is 6.01. The topological polar surface area (TPSA) is 27.0 Å². The first-order chi connectivity index (χ1) is 10.8. The van der Waals surface area contributed by atoms with E-state index in [-0.39, 0.29) is 0 Å². The molecule has 0 unspecified atom stereocenters. The number of anilines is 1. The molecule has 0 aliphatic heterocycles. The van der Waals surface area contributed by atoms with E-state index < -0.39 is 5.41 Å². The number of thiol groups is 1. The second kappa shape index (κ2) is 6.82. The Bertz CT molecular complexity index is 790. The molecule has 0 fully saturated rings. The van der Waals surface area contributed by atoms with Crippen LogP contribution in [0.2, 0.25) is 0 Å². The third kappa shape index (κ3) is 3.80. The third-order valence-electron chi connectivity index (χ3n) is 3.85. The Labute approximate surface area is 152 Å². The molecule has 0 amide bonds. The van der Waals surface area contributed by atoms with Crippen LogP contribution in [0.1, 0.15) is 30.5 Å². The molecule has 23 heavy (non-hydrogen) atoms. The first-order valence-electron chi connectivity index (χ1n) is 7.22. The molecule has 0 saturated heterocycles. The van der Waals surface area contributed by atoms with Crippen LogP contribution < -0.4 is 4.31 Å². The molecule has 4 heteroatoms. The number of halogens is 1. The van der Waals surface area contributed by atoms with Gasteiger partial charge in [-0.25, -0.2) is 0 Å².